The Morgan fingerprint density at radius 3 is 2.00 bits per heavy atom. The molecule has 236 valence electrons. The average molecular weight is 597 g/mol. The molecule has 0 spiro atoms. The molecule has 1 aromatic carbocycles. The molecule has 8 nitrogen and oxygen atoms in total. The third-order valence-corrected chi connectivity index (χ3v) is 8.47. The van der Waals surface area contributed by atoms with Crippen LogP contribution in [0.25, 0.3) is 0 Å². The fraction of sp³-hybridized carbons (Fsp3) is 0.750. The van der Waals surface area contributed by atoms with Crippen molar-refractivity contribution in [2.75, 3.05) is 25.1 Å². The summed E-state index contributed by atoms with van der Waals surface area (Å²) in [6, 6.07) is 6.13. The van der Waals surface area contributed by atoms with Crippen molar-refractivity contribution < 1.29 is 27.5 Å². The quantitative estimate of drug-likeness (QED) is 0.121. The molecule has 1 rings (SSSR count). The summed E-state index contributed by atoms with van der Waals surface area (Å²) >= 11 is 0. The van der Waals surface area contributed by atoms with Crippen LogP contribution in [0, 0.1) is 5.41 Å². The number of ether oxygens (including phenoxy) is 2. The first-order chi connectivity index (χ1) is 19.6. The van der Waals surface area contributed by atoms with Crippen LogP contribution in [0.1, 0.15) is 125 Å². The van der Waals surface area contributed by atoms with E-state index in [0.717, 1.165) is 70.6 Å². The molecule has 2 amide bonds. The lowest BCUT2D eigenvalue weighted by atomic mass is 9.86. The van der Waals surface area contributed by atoms with Crippen LogP contribution in [0.4, 0.5) is 5.69 Å². The predicted octanol–water partition coefficient (Wildman–Crippen LogP) is 7.38. The molecule has 0 radical (unpaired) electrons. The first-order valence-electron chi connectivity index (χ1n) is 15.7. The number of nitrogens with one attached hydrogen (secondary N) is 2. The molecule has 0 aliphatic rings. The van der Waals surface area contributed by atoms with Crippen LogP contribution in [-0.2, 0) is 29.1 Å². The Balaban J connectivity index is 2.97. The average Bonchev–Trinajstić information content (AvgIpc) is 2.92. The normalized spacial score (nSPS) is 12.7. The molecule has 1 unspecified atom stereocenters. The smallest absolute Gasteiger partial charge is 0.266 e. The lowest BCUT2D eigenvalue weighted by molar-refractivity contribution is -0.139. The first kappa shape index (κ1) is 37.1. The Kier molecular flexibility index (Phi) is 18.8. The number of rotatable bonds is 24. The lowest BCUT2D eigenvalue weighted by Gasteiger charge is -2.33. The van der Waals surface area contributed by atoms with E-state index in [2.05, 4.69) is 30.8 Å². The van der Waals surface area contributed by atoms with E-state index in [4.69, 9.17) is 9.47 Å². The zero-order valence-electron chi connectivity index (χ0n) is 26.3. The number of unbranched alkanes of at least 4 members (excludes halogenated alkanes) is 10. The summed E-state index contributed by atoms with van der Waals surface area (Å²) in [5.41, 5.74) is -0.545. The van der Waals surface area contributed by atoms with Gasteiger partial charge in [0.25, 0.3) is 15.9 Å². The van der Waals surface area contributed by atoms with Crippen molar-refractivity contribution in [3.05, 3.63) is 24.3 Å². The highest BCUT2D eigenvalue weighted by atomic mass is 32.2. The van der Waals surface area contributed by atoms with Crippen LogP contribution in [0.2, 0.25) is 0 Å². The van der Waals surface area contributed by atoms with Crippen LogP contribution in [0.3, 0.4) is 0 Å². The van der Waals surface area contributed by atoms with Crippen molar-refractivity contribution >= 4 is 27.5 Å². The fourth-order valence-corrected chi connectivity index (χ4v) is 5.75. The highest BCUT2D eigenvalue weighted by Crippen LogP contribution is 2.28. The molecule has 41 heavy (non-hydrogen) atoms. The molecule has 2 N–H and O–H groups in total. The van der Waals surface area contributed by atoms with Gasteiger partial charge >= 0.3 is 0 Å². The number of anilines is 1. The molecule has 0 aliphatic heterocycles. The highest BCUT2D eigenvalue weighted by molar-refractivity contribution is 7.90. The Labute approximate surface area is 249 Å². The molecule has 9 heteroatoms. The van der Waals surface area contributed by atoms with Gasteiger partial charge in [0.1, 0.15) is 11.0 Å². The summed E-state index contributed by atoms with van der Waals surface area (Å²) in [7, 11) is -4.18. The van der Waals surface area contributed by atoms with Crippen molar-refractivity contribution in [1.82, 2.24) is 4.72 Å². The minimum atomic E-state index is -4.18. The monoisotopic (exact) mass is 596 g/mol. The second-order valence-electron chi connectivity index (χ2n) is 11.6. The first-order valence-corrected chi connectivity index (χ1v) is 17.2. The number of amides is 2. The third-order valence-electron chi connectivity index (χ3n) is 7.04. The minimum absolute atomic E-state index is 0.108. The van der Waals surface area contributed by atoms with Crippen LogP contribution in [-0.4, -0.2) is 46.2 Å². The van der Waals surface area contributed by atoms with Gasteiger partial charge in [0.05, 0.1) is 12.3 Å². The summed E-state index contributed by atoms with van der Waals surface area (Å²) in [5.74, 6) is -0.988. The lowest BCUT2D eigenvalue weighted by Crippen LogP contribution is -2.45. The number of carbonyl (C=O) groups is 2. The SMILES string of the molecule is CCCCCCCC(=O)NS(=O)(=O)c1ccccc1NC(=O)C(OCCCCCC)C(C)(C)COCCCCCC. The summed E-state index contributed by atoms with van der Waals surface area (Å²) in [6.45, 7) is 11.6. The Bertz CT molecular complexity index is 980. The molecule has 0 aromatic heterocycles. The van der Waals surface area contributed by atoms with Gasteiger partial charge in [0, 0.05) is 25.0 Å². The maximum atomic E-state index is 13.6. The van der Waals surface area contributed by atoms with Gasteiger partial charge in [0.15, 0.2) is 0 Å². The van der Waals surface area contributed by atoms with Crippen molar-refractivity contribution in [3.8, 4) is 0 Å². The summed E-state index contributed by atoms with van der Waals surface area (Å²) in [6.07, 6.45) is 12.4. The van der Waals surface area contributed by atoms with Gasteiger partial charge in [0.2, 0.25) is 5.91 Å². The van der Waals surface area contributed by atoms with E-state index in [0.29, 0.717) is 26.2 Å². The van der Waals surface area contributed by atoms with Crippen LogP contribution in [0.5, 0.6) is 0 Å². The maximum Gasteiger partial charge on any atom is 0.266 e. The molecule has 0 bridgehead atoms. The van der Waals surface area contributed by atoms with E-state index in [1.165, 1.54) is 18.6 Å². The van der Waals surface area contributed by atoms with Crippen LogP contribution < -0.4 is 10.0 Å². The molecular formula is C32H56N2O6S. The second kappa shape index (κ2) is 20.8. The molecule has 1 atom stereocenters. The molecular weight excluding hydrogens is 540 g/mol. The van der Waals surface area contributed by atoms with E-state index < -0.39 is 33.4 Å². The Morgan fingerprint density at radius 1 is 0.805 bits per heavy atom. The predicted molar refractivity (Wildman–Crippen MR) is 166 cm³/mol. The number of hydrogen-bond donors (Lipinski definition) is 2. The van der Waals surface area contributed by atoms with E-state index in [1.807, 2.05) is 13.8 Å². The largest absolute Gasteiger partial charge is 0.381 e. The van der Waals surface area contributed by atoms with Crippen LogP contribution >= 0.6 is 0 Å². The van der Waals surface area contributed by atoms with Gasteiger partial charge in [-0.3, -0.25) is 9.59 Å². The molecule has 0 saturated heterocycles. The standard InChI is InChI=1S/C32H56N2O6S/c1-6-9-12-15-16-23-29(35)34-41(37,38)28-22-18-17-21-27(28)33-31(36)30(40-25-20-14-11-8-3)32(4,5)26-39-24-19-13-10-7-2/h17-18,21-22,30H,6-16,19-20,23-26H2,1-5H3,(H,33,36)(H,34,35). The fourth-order valence-electron chi connectivity index (χ4n) is 4.58. The number of benzene rings is 1. The van der Waals surface area contributed by atoms with Crippen molar-refractivity contribution in [2.45, 2.75) is 136 Å². The van der Waals surface area contributed by atoms with Crippen molar-refractivity contribution in [3.63, 3.8) is 0 Å². The van der Waals surface area contributed by atoms with Crippen LogP contribution in [0.15, 0.2) is 29.2 Å². The maximum absolute atomic E-state index is 13.6. The van der Waals surface area contributed by atoms with Gasteiger partial charge in [-0.25, -0.2) is 13.1 Å². The second-order valence-corrected chi connectivity index (χ2v) is 13.2. The molecule has 1 aromatic rings. The molecule has 0 heterocycles. The van der Waals surface area contributed by atoms with E-state index in [9.17, 15) is 18.0 Å². The third kappa shape index (κ3) is 15.2. The van der Waals surface area contributed by atoms with E-state index >= 15 is 0 Å². The van der Waals surface area contributed by atoms with Gasteiger partial charge in [-0.1, -0.05) is 111 Å². The number of carbonyl (C=O) groups excluding carboxylic acids is 2. The zero-order valence-corrected chi connectivity index (χ0v) is 27.1. The number of para-hydroxylation sites is 1. The number of sulfonamides is 1. The minimum Gasteiger partial charge on any atom is -0.381 e. The van der Waals surface area contributed by atoms with Crippen molar-refractivity contribution in [2.24, 2.45) is 5.41 Å². The van der Waals surface area contributed by atoms with Gasteiger partial charge in [-0.2, -0.15) is 0 Å². The number of hydrogen-bond acceptors (Lipinski definition) is 6. The summed E-state index contributed by atoms with van der Waals surface area (Å²) < 4.78 is 40.5. The van der Waals surface area contributed by atoms with E-state index in [1.54, 1.807) is 12.1 Å². The van der Waals surface area contributed by atoms with Crippen molar-refractivity contribution in [1.29, 1.82) is 0 Å². The van der Waals surface area contributed by atoms with Gasteiger partial charge in [-0.05, 0) is 31.4 Å². The zero-order chi connectivity index (χ0) is 30.6. The summed E-state index contributed by atoms with van der Waals surface area (Å²) in [4.78, 5) is 25.9. The molecule has 0 aliphatic carbocycles. The van der Waals surface area contributed by atoms with E-state index in [-0.39, 0.29) is 17.0 Å². The highest BCUT2D eigenvalue weighted by Gasteiger charge is 2.37. The summed E-state index contributed by atoms with van der Waals surface area (Å²) in [5, 5.41) is 2.78. The topological polar surface area (TPSA) is 111 Å². The molecule has 0 fully saturated rings. The van der Waals surface area contributed by atoms with Gasteiger partial charge < -0.3 is 14.8 Å². The molecule has 0 saturated carbocycles. The van der Waals surface area contributed by atoms with Gasteiger partial charge in [-0.15, -0.1) is 0 Å². The Hall–Kier alpha value is -1.97. The Morgan fingerprint density at radius 2 is 1.37 bits per heavy atom.